The van der Waals surface area contributed by atoms with Gasteiger partial charge in [-0.2, -0.15) is 13.2 Å². The highest BCUT2D eigenvalue weighted by molar-refractivity contribution is 5.93. The minimum Gasteiger partial charge on any atom is -0.324 e. The molecule has 0 unspecified atom stereocenters. The smallest absolute Gasteiger partial charge is 0.324 e. The predicted octanol–water partition coefficient (Wildman–Crippen LogP) is 3.60. The zero-order chi connectivity index (χ0) is 20.1. The molecule has 1 heterocycles. The van der Waals surface area contributed by atoms with Crippen LogP contribution in [0, 0.1) is 5.82 Å². The first-order chi connectivity index (χ1) is 13.3. The highest BCUT2D eigenvalue weighted by atomic mass is 19.4. The number of anilines is 1. The summed E-state index contributed by atoms with van der Waals surface area (Å²) < 4.78 is 52.0. The Hall–Kier alpha value is -2.45. The minimum absolute atomic E-state index is 0.0383. The van der Waals surface area contributed by atoms with E-state index in [2.05, 4.69) is 10.2 Å². The van der Waals surface area contributed by atoms with Crippen molar-refractivity contribution in [3.63, 3.8) is 0 Å². The predicted molar refractivity (Wildman–Crippen MR) is 98.2 cm³/mol. The fourth-order valence-corrected chi connectivity index (χ4v) is 3.19. The summed E-state index contributed by atoms with van der Waals surface area (Å²) in [4.78, 5) is 16.3. The molecular weight excluding hydrogens is 374 g/mol. The number of hydrogen-bond acceptors (Lipinski definition) is 3. The van der Waals surface area contributed by atoms with Gasteiger partial charge in [0.2, 0.25) is 5.91 Å². The largest absolute Gasteiger partial charge is 0.418 e. The summed E-state index contributed by atoms with van der Waals surface area (Å²) in [5.41, 5.74) is -0.0706. The van der Waals surface area contributed by atoms with Crippen LogP contribution in [-0.2, 0) is 17.5 Å². The van der Waals surface area contributed by atoms with Crippen LogP contribution in [0.2, 0.25) is 0 Å². The molecule has 0 radical (unpaired) electrons. The molecule has 1 aliphatic heterocycles. The van der Waals surface area contributed by atoms with Crippen LogP contribution in [0.5, 0.6) is 0 Å². The van der Waals surface area contributed by atoms with Crippen LogP contribution in [0.3, 0.4) is 0 Å². The molecule has 1 amide bonds. The van der Waals surface area contributed by atoms with Crippen LogP contribution in [0.4, 0.5) is 23.2 Å². The van der Waals surface area contributed by atoms with E-state index in [4.69, 9.17) is 0 Å². The molecule has 150 valence electrons. The summed E-state index contributed by atoms with van der Waals surface area (Å²) >= 11 is 0. The summed E-state index contributed by atoms with van der Waals surface area (Å²) in [6.45, 7) is 3.45. The van der Waals surface area contributed by atoms with E-state index in [0.717, 1.165) is 24.7 Å². The molecular formula is C20H21F4N3O. The van der Waals surface area contributed by atoms with Gasteiger partial charge in [0.05, 0.1) is 17.8 Å². The molecule has 0 aliphatic carbocycles. The molecule has 28 heavy (non-hydrogen) atoms. The second-order valence-electron chi connectivity index (χ2n) is 6.77. The van der Waals surface area contributed by atoms with E-state index < -0.39 is 17.6 Å². The standard InChI is InChI=1S/C20H21F4N3O/c21-16-7-5-15(6-8-16)13-26-9-11-27(12-10-26)14-19(28)25-18-4-2-1-3-17(18)20(22,23)24/h1-8H,9-14H2,(H,25,28). The summed E-state index contributed by atoms with van der Waals surface area (Å²) in [7, 11) is 0. The van der Waals surface area contributed by atoms with Crippen LogP contribution in [0.15, 0.2) is 48.5 Å². The molecule has 0 spiro atoms. The van der Waals surface area contributed by atoms with Crippen molar-refractivity contribution in [3.05, 3.63) is 65.5 Å². The lowest BCUT2D eigenvalue weighted by Gasteiger charge is -2.34. The SMILES string of the molecule is O=C(CN1CCN(Cc2ccc(F)cc2)CC1)Nc1ccccc1C(F)(F)F. The van der Waals surface area contributed by atoms with Crippen LogP contribution in [0.1, 0.15) is 11.1 Å². The molecule has 2 aromatic carbocycles. The number of carbonyl (C=O) groups is 1. The number of rotatable bonds is 5. The Balaban J connectivity index is 1.48. The normalized spacial score (nSPS) is 16.1. The molecule has 4 nitrogen and oxygen atoms in total. The lowest BCUT2D eigenvalue weighted by atomic mass is 10.1. The van der Waals surface area contributed by atoms with E-state index in [9.17, 15) is 22.4 Å². The van der Waals surface area contributed by atoms with E-state index in [1.807, 2.05) is 4.90 Å². The molecule has 1 aliphatic rings. The van der Waals surface area contributed by atoms with E-state index in [1.54, 1.807) is 12.1 Å². The molecule has 8 heteroatoms. The Morgan fingerprint density at radius 3 is 2.18 bits per heavy atom. The first-order valence-electron chi connectivity index (χ1n) is 8.96. The average molecular weight is 395 g/mol. The van der Waals surface area contributed by atoms with Gasteiger partial charge in [0.25, 0.3) is 0 Å². The number of halogens is 4. The lowest BCUT2D eigenvalue weighted by molar-refractivity contribution is -0.137. The third-order valence-electron chi connectivity index (χ3n) is 4.66. The third-order valence-corrected chi connectivity index (χ3v) is 4.66. The number of nitrogens with one attached hydrogen (secondary N) is 1. The molecule has 2 aromatic rings. The van der Waals surface area contributed by atoms with Crippen molar-refractivity contribution in [2.45, 2.75) is 12.7 Å². The maximum absolute atomic E-state index is 13.0. The lowest BCUT2D eigenvalue weighted by Crippen LogP contribution is -2.48. The first-order valence-corrected chi connectivity index (χ1v) is 8.96. The molecule has 0 saturated carbocycles. The van der Waals surface area contributed by atoms with Crippen molar-refractivity contribution in [1.29, 1.82) is 0 Å². The van der Waals surface area contributed by atoms with E-state index >= 15 is 0 Å². The molecule has 1 N–H and O–H groups in total. The molecule has 1 fully saturated rings. The minimum atomic E-state index is -4.52. The summed E-state index contributed by atoms with van der Waals surface area (Å²) in [6, 6.07) is 11.3. The van der Waals surface area contributed by atoms with Gasteiger partial charge in [-0.25, -0.2) is 4.39 Å². The third kappa shape index (κ3) is 5.53. The second kappa shape index (κ2) is 8.70. The first kappa shape index (κ1) is 20.3. The fraction of sp³-hybridized carbons (Fsp3) is 0.350. The van der Waals surface area contributed by atoms with E-state index in [-0.39, 0.29) is 18.0 Å². The van der Waals surface area contributed by atoms with Gasteiger partial charge in [0.1, 0.15) is 5.82 Å². The highest BCUT2D eigenvalue weighted by Gasteiger charge is 2.33. The van der Waals surface area contributed by atoms with Crippen molar-refractivity contribution in [3.8, 4) is 0 Å². The number of para-hydroxylation sites is 1. The quantitative estimate of drug-likeness (QED) is 0.786. The topological polar surface area (TPSA) is 35.6 Å². The van der Waals surface area contributed by atoms with Crippen LogP contribution in [-0.4, -0.2) is 48.4 Å². The zero-order valence-corrected chi connectivity index (χ0v) is 15.2. The highest BCUT2D eigenvalue weighted by Crippen LogP contribution is 2.34. The molecule has 1 saturated heterocycles. The maximum Gasteiger partial charge on any atom is 0.418 e. The van der Waals surface area contributed by atoms with Gasteiger partial charge in [-0.05, 0) is 29.8 Å². The van der Waals surface area contributed by atoms with Crippen molar-refractivity contribution in [2.24, 2.45) is 0 Å². The molecule has 0 aromatic heterocycles. The number of piperazine rings is 1. The Kier molecular flexibility index (Phi) is 6.31. The summed E-state index contributed by atoms with van der Waals surface area (Å²) in [5, 5.41) is 2.37. The van der Waals surface area contributed by atoms with Crippen LogP contribution < -0.4 is 5.32 Å². The Labute approximate surface area is 160 Å². The average Bonchev–Trinajstić information content (AvgIpc) is 2.65. The maximum atomic E-state index is 13.0. The zero-order valence-electron chi connectivity index (χ0n) is 15.2. The number of nitrogens with zero attached hydrogens (tertiary/aromatic N) is 2. The van der Waals surface area contributed by atoms with Gasteiger partial charge >= 0.3 is 6.18 Å². The van der Waals surface area contributed by atoms with E-state index in [0.29, 0.717) is 19.6 Å². The van der Waals surface area contributed by atoms with Crippen LogP contribution in [0.25, 0.3) is 0 Å². The monoisotopic (exact) mass is 395 g/mol. The molecule has 0 bridgehead atoms. The summed E-state index contributed by atoms with van der Waals surface area (Å²) in [5.74, 6) is -0.740. The van der Waals surface area contributed by atoms with Gasteiger partial charge in [-0.3, -0.25) is 14.6 Å². The summed E-state index contributed by atoms with van der Waals surface area (Å²) in [6.07, 6.45) is -4.52. The number of carbonyl (C=O) groups excluding carboxylic acids is 1. The molecule has 0 atom stereocenters. The van der Waals surface area contributed by atoms with Crippen molar-refractivity contribution in [2.75, 3.05) is 38.0 Å². The van der Waals surface area contributed by atoms with Gasteiger partial charge in [-0.15, -0.1) is 0 Å². The number of alkyl halides is 3. The van der Waals surface area contributed by atoms with Crippen molar-refractivity contribution >= 4 is 11.6 Å². The Bertz CT molecular complexity index is 800. The fourth-order valence-electron chi connectivity index (χ4n) is 3.19. The van der Waals surface area contributed by atoms with Gasteiger partial charge in [0, 0.05) is 32.7 Å². The Morgan fingerprint density at radius 1 is 0.929 bits per heavy atom. The van der Waals surface area contributed by atoms with Gasteiger partial charge < -0.3 is 5.32 Å². The number of amides is 1. The Morgan fingerprint density at radius 2 is 1.54 bits per heavy atom. The second-order valence-corrected chi connectivity index (χ2v) is 6.77. The van der Waals surface area contributed by atoms with Gasteiger partial charge in [-0.1, -0.05) is 24.3 Å². The van der Waals surface area contributed by atoms with Crippen molar-refractivity contribution < 1.29 is 22.4 Å². The molecule has 3 rings (SSSR count). The van der Waals surface area contributed by atoms with Crippen molar-refractivity contribution in [1.82, 2.24) is 9.80 Å². The number of benzene rings is 2. The van der Waals surface area contributed by atoms with Gasteiger partial charge in [0.15, 0.2) is 0 Å². The van der Waals surface area contributed by atoms with E-state index in [1.165, 1.54) is 30.3 Å². The number of hydrogen-bond donors (Lipinski definition) is 1. The van der Waals surface area contributed by atoms with Crippen LogP contribution >= 0.6 is 0 Å².